The normalized spacial score (nSPS) is 19.5. The first kappa shape index (κ1) is 18.6. The maximum atomic E-state index is 10.7. The van der Waals surface area contributed by atoms with Crippen molar-refractivity contribution < 1.29 is 9.53 Å². The molecule has 0 spiro atoms. The van der Waals surface area contributed by atoms with Gasteiger partial charge in [-0.1, -0.05) is 87.5 Å². The second kappa shape index (κ2) is 10.4. The Hall–Kier alpha value is 1.62. The summed E-state index contributed by atoms with van der Waals surface area (Å²) in [5, 5.41) is 3.03. The third-order valence-corrected chi connectivity index (χ3v) is 3.98. The fraction of sp³-hybridized carbons (Fsp3) is 0.909. The van der Waals surface area contributed by atoms with E-state index in [9.17, 15) is 4.79 Å². The lowest BCUT2D eigenvalue weighted by Crippen LogP contribution is -2.31. The van der Waals surface area contributed by atoms with Crippen LogP contribution in [0.2, 0.25) is 0 Å². The zero-order valence-corrected chi connectivity index (χ0v) is 16.7. The lowest BCUT2D eigenvalue weighted by atomic mass is 10.2. The van der Waals surface area contributed by atoms with Gasteiger partial charge in [-0.05, 0) is 25.8 Å². The van der Waals surface area contributed by atoms with Crippen LogP contribution in [0.25, 0.3) is 0 Å². The molecule has 0 bridgehead atoms. The van der Waals surface area contributed by atoms with Crippen LogP contribution in [0.15, 0.2) is 0 Å². The van der Waals surface area contributed by atoms with Crippen LogP contribution in [0.3, 0.4) is 0 Å². The van der Waals surface area contributed by atoms with Crippen LogP contribution < -0.4 is 5.32 Å². The van der Waals surface area contributed by atoms with Gasteiger partial charge in [0.1, 0.15) is 5.48 Å². The Morgan fingerprint density at radius 3 is 2.41 bits per heavy atom. The van der Waals surface area contributed by atoms with Crippen LogP contribution in [0.5, 0.6) is 0 Å². The molecule has 1 saturated heterocycles. The van der Waals surface area contributed by atoms with Crippen molar-refractivity contribution in [3.05, 3.63) is 0 Å². The van der Waals surface area contributed by atoms with E-state index < -0.39 is 0 Å². The number of carbonyl (C=O) groups is 1. The molecule has 1 rings (SSSR count). The van der Waals surface area contributed by atoms with Crippen LogP contribution in [-0.4, -0.2) is 25.1 Å². The number of unbranched alkanes of at least 4 members (excludes halogenated alkanes) is 1. The summed E-state index contributed by atoms with van der Waals surface area (Å²) >= 11 is 7.42. The SMILES string of the molecule is CCCCC(I)(I)I.COC(=O)C1CCCN1. The molecular formula is C11H20I3NO2. The monoisotopic (exact) mass is 579 g/mol. The molecule has 0 saturated carbocycles. The molecule has 0 radical (unpaired) electrons. The average molecular weight is 579 g/mol. The molecule has 0 aromatic carbocycles. The van der Waals surface area contributed by atoms with Gasteiger partial charge in [-0.3, -0.25) is 4.79 Å². The maximum Gasteiger partial charge on any atom is 0.322 e. The van der Waals surface area contributed by atoms with Gasteiger partial charge in [0, 0.05) is 0 Å². The average Bonchev–Trinajstić information content (AvgIpc) is 2.78. The largest absolute Gasteiger partial charge is 0.468 e. The van der Waals surface area contributed by atoms with Gasteiger partial charge in [0.05, 0.1) is 7.11 Å². The summed E-state index contributed by atoms with van der Waals surface area (Å²) in [7, 11) is 1.42. The number of alkyl halides is 3. The molecule has 1 unspecified atom stereocenters. The quantitative estimate of drug-likeness (QED) is 0.311. The number of methoxy groups -OCH3 is 1. The van der Waals surface area contributed by atoms with Gasteiger partial charge < -0.3 is 10.1 Å². The molecule has 0 amide bonds. The highest BCUT2D eigenvalue weighted by atomic mass is 127. The molecule has 0 aliphatic carbocycles. The van der Waals surface area contributed by atoms with E-state index in [1.807, 2.05) is 0 Å². The number of carbonyl (C=O) groups excluding carboxylic acids is 1. The first-order chi connectivity index (χ1) is 7.90. The number of hydrogen-bond donors (Lipinski definition) is 1. The standard InChI is InChI=1S/C6H11NO2.C5H9I3/c1-9-6(8)5-3-2-4-7-5;1-2-3-4-5(6,7)8/h5,7H,2-4H2,1H3;2-4H2,1H3. The highest BCUT2D eigenvalue weighted by Crippen LogP contribution is 2.39. The second-order valence-corrected chi connectivity index (χ2v) is 15.6. The number of halogens is 3. The Morgan fingerprint density at radius 1 is 1.47 bits per heavy atom. The molecule has 1 fully saturated rings. The van der Waals surface area contributed by atoms with Gasteiger partial charge >= 0.3 is 5.97 Å². The van der Waals surface area contributed by atoms with Crippen molar-refractivity contribution in [2.75, 3.05) is 13.7 Å². The molecule has 102 valence electrons. The zero-order valence-electron chi connectivity index (χ0n) is 10.3. The van der Waals surface area contributed by atoms with Crippen molar-refractivity contribution in [1.82, 2.24) is 5.32 Å². The van der Waals surface area contributed by atoms with Crippen molar-refractivity contribution in [2.24, 2.45) is 0 Å². The summed E-state index contributed by atoms with van der Waals surface area (Å²) < 4.78 is 4.99. The topological polar surface area (TPSA) is 38.3 Å². The molecule has 1 heterocycles. The zero-order chi connectivity index (χ0) is 13.3. The van der Waals surface area contributed by atoms with Gasteiger partial charge in [-0.15, -0.1) is 0 Å². The molecular weight excluding hydrogens is 559 g/mol. The molecule has 1 atom stereocenters. The third kappa shape index (κ3) is 11.2. The minimum Gasteiger partial charge on any atom is -0.468 e. The number of hydrogen-bond acceptors (Lipinski definition) is 3. The van der Waals surface area contributed by atoms with Gasteiger partial charge in [-0.2, -0.15) is 0 Å². The summed E-state index contributed by atoms with van der Waals surface area (Å²) in [6.45, 7) is 3.18. The summed E-state index contributed by atoms with van der Waals surface area (Å²) in [6.07, 6.45) is 6.00. The Kier molecular flexibility index (Phi) is 11.4. The van der Waals surface area contributed by atoms with Crippen molar-refractivity contribution in [3.8, 4) is 0 Å². The number of ether oxygens (including phenoxy) is 1. The molecule has 1 aliphatic rings. The molecule has 3 nitrogen and oxygen atoms in total. The summed E-state index contributed by atoms with van der Waals surface area (Å²) in [6, 6.07) is -0.0324. The Labute approximate surface area is 145 Å². The van der Waals surface area contributed by atoms with Gasteiger partial charge in [0.2, 0.25) is 0 Å². The van der Waals surface area contributed by atoms with E-state index in [2.05, 4.69) is 84.8 Å². The predicted molar refractivity (Wildman–Crippen MR) is 97.4 cm³/mol. The molecule has 0 aromatic heterocycles. The lowest BCUT2D eigenvalue weighted by Gasteiger charge is -2.09. The summed E-state index contributed by atoms with van der Waals surface area (Å²) in [5.41, 5.74) is 0. The summed E-state index contributed by atoms with van der Waals surface area (Å²) in [4.78, 5) is 10.7. The smallest absolute Gasteiger partial charge is 0.322 e. The number of esters is 1. The summed E-state index contributed by atoms with van der Waals surface area (Å²) in [5.74, 6) is -0.132. The molecule has 1 N–H and O–H groups in total. The minimum atomic E-state index is -0.132. The van der Waals surface area contributed by atoms with E-state index >= 15 is 0 Å². The van der Waals surface area contributed by atoms with E-state index in [0.29, 0.717) is -0.565 Å². The third-order valence-electron chi connectivity index (χ3n) is 2.36. The van der Waals surface area contributed by atoms with Crippen LogP contribution in [0.4, 0.5) is 0 Å². The Morgan fingerprint density at radius 2 is 2.12 bits per heavy atom. The molecule has 0 aromatic rings. The first-order valence-corrected chi connectivity index (χ1v) is 9.02. The van der Waals surface area contributed by atoms with E-state index in [1.165, 1.54) is 26.4 Å². The number of nitrogens with one attached hydrogen (secondary N) is 1. The predicted octanol–water partition coefficient (Wildman–Crippen LogP) is 4.05. The van der Waals surface area contributed by atoms with Crippen LogP contribution in [0, 0.1) is 0 Å². The van der Waals surface area contributed by atoms with Crippen molar-refractivity contribution in [2.45, 2.75) is 44.5 Å². The number of rotatable bonds is 4. The van der Waals surface area contributed by atoms with Crippen molar-refractivity contribution in [3.63, 3.8) is 0 Å². The Balaban J connectivity index is 0.000000304. The molecule has 6 heteroatoms. The van der Waals surface area contributed by atoms with Gasteiger partial charge in [-0.25, -0.2) is 0 Å². The van der Waals surface area contributed by atoms with Crippen LogP contribution >= 0.6 is 67.8 Å². The molecule has 1 aliphatic heterocycles. The first-order valence-electron chi connectivity index (χ1n) is 5.78. The lowest BCUT2D eigenvalue weighted by molar-refractivity contribution is -0.142. The maximum absolute atomic E-state index is 10.7. The van der Waals surface area contributed by atoms with Gasteiger partial charge in [0.15, 0.2) is 0 Å². The minimum absolute atomic E-state index is 0.0324. The van der Waals surface area contributed by atoms with Gasteiger partial charge in [0.25, 0.3) is 0 Å². The fourth-order valence-corrected chi connectivity index (χ4v) is 2.55. The van der Waals surface area contributed by atoms with E-state index in [1.54, 1.807) is 0 Å². The van der Waals surface area contributed by atoms with E-state index in [4.69, 9.17) is 0 Å². The van der Waals surface area contributed by atoms with E-state index in [-0.39, 0.29) is 12.0 Å². The highest BCUT2D eigenvalue weighted by molar-refractivity contribution is 14.3. The van der Waals surface area contributed by atoms with Crippen molar-refractivity contribution in [1.29, 1.82) is 0 Å². The highest BCUT2D eigenvalue weighted by Gasteiger charge is 2.21. The van der Waals surface area contributed by atoms with E-state index in [0.717, 1.165) is 19.4 Å². The van der Waals surface area contributed by atoms with Crippen LogP contribution in [-0.2, 0) is 9.53 Å². The van der Waals surface area contributed by atoms with Crippen LogP contribution in [0.1, 0.15) is 39.0 Å². The fourth-order valence-electron chi connectivity index (χ4n) is 1.41. The van der Waals surface area contributed by atoms with Crippen molar-refractivity contribution >= 4 is 73.7 Å². The molecule has 17 heavy (non-hydrogen) atoms. The second-order valence-electron chi connectivity index (χ2n) is 3.89. The Bertz CT molecular complexity index is 213.